The zero-order valence-corrected chi connectivity index (χ0v) is 14.9. The van der Waals surface area contributed by atoms with Gasteiger partial charge in [0.1, 0.15) is 6.54 Å². The number of rotatable bonds is 12. The molecule has 0 amide bonds. The van der Waals surface area contributed by atoms with Gasteiger partial charge in [-0.1, -0.05) is 37.6 Å². The molecule has 23 heavy (non-hydrogen) atoms. The SMILES string of the molecule is CCC/C=C/C=C/CCCC(=O)OC(CC(=O)[O-])C[N+](C)(C)C. The molecule has 0 fully saturated rings. The Kier molecular flexibility index (Phi) is 11.0. The van der Waals surface area contributed by atoms with Gasteiger partial charge in [0.15, 0.2) is 6.10 Å². The van der Waals surface area contributed by atoms with Crippen molar-refractivity contribution in [3.63, 3.8) is 0 Å². The average Bonchev–Trinajstić information content (AvgIpc) is 2.39. The second kappa shape index (κ2) is 11.9. The molecule has 1 unspecified atom stereocenters. The molecule has 0 heterocycles. The Hall–Kier alpha value is -1.62. The number of allylic oxidation sites excluding steroid dienone is 4. The van der Waals surface area contributed by atoms with Crippen molar-refractivity contribution in [2.75, 3.05) is 27.7 Å². The van der Waals surface area contributed by atoms with Crippen molar-refractivity contribution in [1.82, 2.24) is 0 Å². The van der Waals surface area contributed by atoms with Crippen LogP contribution in [0.2, 0.25) is 0 Å². The predicted octanol–water partition coefficient (Wildman–Crippen LogP) is 1.83. The van der Waals surface area contributed by atoms with Crippen LogP contribution in [-0.2, 0) is 14.3 Å². The predicted molar refractivity (Wildman–Crippen MR) is 89.4 cm³/mol. The highest BCUT2D eigenvalue weighted by Gasteiger charge is 2.22. The number of quaternary nitrogens is 1. The Bertz CT molecular complexity index is 408. The molecule has 0 saturated heterocycles. The molecule has 0 aliphatic carbocycles. The van der Waals surface area contributed by atoms with Gasteiger partial charge >= 0.3 is 5.97 Å². The maximum absolute atomic E-state index is 11.8. The maximum Gasteiger partial charge on any atom is 0.306 e. The molecule has 1 atom stereocenters. The second-order valence-corrected chi connectivity index (χ2v) is 6.70. The number of carbonyl (C=O) groups excluding carboxylic acids is 2. The van der Waals surface area contributed by atoms with Gasteiger partial charge in [0.05, 0.1) is 21.1 Å². The largest absolute Gasteiger partial charge is 0.550 e. The van der Waals surface area contributed by atoms with Gasteiger partial charge in [0, 0.05) is 18.8 Å². The maximum atomic E-state index is 11.8. The quantitative estimate of drug-likeness (QED) is 0.238. The topological polar surface area (TPSA) is 66.4 Å². The van der Waals surface area contributed by atoms with Gasteiger partial charge in [-0.25, -0.2) is 0 Å². The summed E-state index contributed by atoms with van der Waals surface area (Å²) in [4.78, 5) is 22.6. The van der Waals surface area contributed by atoms with E-state index in [0.29, 0.717) is 23.9 Å². The number of hydrogen-bond donors (Lipinski definition) is 0. The number of nitrogens with zero attached hydrogens (tertiary/aromatic N) is 1. The molecular weight excluding hydrogens is 294 g/mol. The first kappa shape index (κ1) is 21.4. The van der Waals surface area contributed by atoms with Gasteiger partial charge < -0.3 is 19.1 Å². The van der Waals surface area contributed by atoms with Crippen molar-refractivity contribution in [3.8, 4) is 0 Å². The van der Waals surface area contributed by atoms with E-state index in [1.165, 1.54) is 0 Å². The van der Waals surface area contributed by atoms with E-state index in [4.69, 9.17) is 4.74 Å². The second-order valence-electron chi connectivity index (χ2n) is 6.70. The van der Waals surface area contributed by atoms with Crippen LogP contribution in [0.25, 0.3) is 0 Å². The number of esters is 1. The molecule has 5 heteroatoms. The smallest absolute Gasteiger partial charge is 0.306 e. The number of hydrogen-bond acceptors (Lipinski definition) is 4. The lowest BCUT2D eigenvalue weighted by Crippen LogP contribution is -2.45. The van der Waals surface area contributed by atoms with Gasteiger partial charge in [-0.3, -0.25) is 4.79 Å². The molecule has 0 aromatic heterocycles. The fraction of sp³-hybridized carbons (Fsp3) is 0.667. The zero-order valence-electron chi connectivity index (χ0n) is 14.9. The van der Waals surface area contributed by atoms with Crippen molar-refractivity contribution in [1.29, 1.82) is 0 Å². The number of unbranched alkanes of at least 4 members (excludes halogenated alkanes) is 2. The molecule has 0 spiro atoms. The van der Waals surface area contributed by atoms with Crippen molar-refractivity contribution in [3.05, 3.63) is 24.3 Å². The summed E-state index contributed by atoms with van der Waals surface area (Å²) in [6.07, 6.45) is 11.2. The van der Waals surface area contributed by atoms with E-state index < -0.39 is 12.1 Å². The summed E-state index contributed by atoms with van der Waals surface area (Å²) in [6, 6.07) is 0. The third-order valence-electron chi connectivity index (χ3n) is 3.03. The third kappa shape index (κ3) is 15.1. The first-order valence-corrected chi connectivity index (χ1v) is 8.26. The number of carbonyl (C=O) groups is 2. The summed E-state index contributed by atoms with van der Waals surface area (Å²) in [7, 11) is 5.77. The summed E-state index contributed by atoms with van der Waals surface area (Å²) in [5.74, 6) is -1.54. The molecule has 0 aliphatic rings. The highest BCUT2D eigenvalue weighted by atomic mass is 16.5. The number of likely N-dealkylation sites (N-methyl/N-ethyl adjacent to an activating group) is 1. The van der Waals surface area contributed by atoms with Gasteiger partial charge in [0.25, 0.3) is 0 Å². The Labute approximate surface area is 140 Å². The van der Waals surface area contributed by atoms with E-state index in [9.17, 15) is 14.7 Å². The normalized spacial score (nSPS) is 13.6. The Morgan fingerprint density at radius 3 is 2.26 bits per heavy atom. The molecule has 0 radical (unpaired) electrons. The summed E-state index contributed by atoms with van der Waals surface area (Å²) in [5.41, 5.74) is 0. The minimum Gasteiger partial charge on any atom is -0.550 e. The van der Waals surface area contributed by atoms with Crippen LogP contribution >= 0.6 is 0 Å². The van der Waals surface area contributed by atoms with Gasteiger partial charge in [0.2, 0.25) is 0 Å². The minimum atomic E-state index is -1.20. The number of aliphatic carboxylic acids is 1. The molecule has 0 aromatic rings. The molecule has 5 nitrogen and oxygen atoms in total. The first-order valence-electron chi connectivity index (χ1n) is 8.26. The van der Waals surface area contributed by atoms with Gasteiger partial charge in [-0.2, -0.15) is 0 Å². The summed E-state index contributed by atoms with van der Waals surface area (Å²) >= 11 is 0. The standard InChI is InChI=1S/C18H31NO4/c1-5-6-7-8-9-10-11-12-13-18(22)23-16(14-17(20)21)15-19(2,3)4/h7-10,16H,5-6,11-15H2,1-4H3/b8-7+,10-9+. The minimum absolute atomic E-state index is 0.261. The van der Waals surface area contributed by atoms with Gasteiger partial charge in [-0.15, -0.1) is 0 Å². The summed E-state index contributed by atoms with van der Waals surface area (Å²) in [5, 5.41) is 10.8. The van der Waals surface area contributed by atoms with Crippen LogP contribution in [0.3, 0.4) is 0 Å². The highest BCUT2D eigenvalue weighted by molar-refractivity contribution is 5.70. The Morgan fingerprint density at radius 2 is 1.74 bits per heavy atom. The molecule has 0 aliphatic heterocycles. The molecular formula is C18H31NO4. The van der Waals surface area contributed by atoms with E-state index in [1.807, 2.05) is 39.4 Å². The van der Waals surface area contributed by atoms with Crippen LogP contribution in [0, 0.1) is 0 Å². The summed E-state index contributed by atoms with van der Waals surface area (Å²) < 4.78 is 5.81. The van der Waals surface area contributed by atoms with Crippen LogP contribution < -0.4 is 5.11 Å². The fourth-order valence-electron chi connectivity index (χ4n) is 2.07. The third-order valence-corrected chi connectivity index (χ3v) is 3.03. The first-order chi connectivity index (χ1) is 10.7. The average molecular weight is 325 g/mol. The van der Waals surface area contributed by atoms with Crippen molar-refractivity contribution < 1.29 is 23.9 Å². The Balaban J connectivity index is 4.10. The van der Waals surface area contributed by atoms with Gasteiger partial charge in [-0.05, 0) is 19.3 Å². The van der Waals surface area contributed by atoms with Crippen LogP contribution in [0.5, 0.6) is 0 Å². The van der Waals surface area contributed by atoms with Crippen LogP contribution in [0.15, 0.2) is 24.3 Å². The van der Waals surface area contributed by atoms with E-state index in [0.717, 1.165) is 19.3 Å². The number of ether oxygens (including phenoxy) is 1. The van der Waals surface area contributed by atoms with E-state index >= 15 is 0 Å². The van der Waals surface area contributed by atoms with E-state index in [1.54, 1.807) is 0 Å². The molecule has 0 bridgehead atoms. The number of carboxylic acids is 1. The van der Waals surface area contributed by atoms with Crippen molar-refractivity contribution in [2.45, 2.75) is 51.6 Å². The lowest BCUT2D eigenvalue weighted by Gasteiger charge is -2.29. The fourth-order valence-corrected chi connectivity index (χ4v) is 2.07. The zero-order chi connectivity index (χ0) is 17.7. The highest BCUT2D eigenvalue weighted by Crippen LogP contribution is 2.08. The van der Waals surface area contributed by atoms with Crippen molar-refractivity contribution >= 4 is 11.9 Å². The van der Waals surface area contributed by atoms with Crippen LogP contribution in [-0.4, -0.2) is 50.2 Å². The van der Waals surface area contributed by atoms with E-state index in [2.05, 4.69) is 13.0 Å². The van der Waals surface area contributed by atoms with Crippen LogP contribution in [0.1, 0.15) is 45.4 Å². The monoisotopic (exact) mass is 325 g/mol. The molecule has 0 aromatic carbocycles. The summed E-state index contributed by atoms with van der Waals surface area (Å²) in [6.45, 7) is 2.58. The number of carboxylic acid groups (broad SMARTS) is 1. The Morgan fingerprint density at radius 1 is 1.13 bits per heavy atom. The lowest BCUT2D eigenvalue weighted by molar-refractivity contribution is -0.873. The molecule has 132 valence electrons. The van der Waals surface area contributed by atoms with E-state index in [-0.39, 0.29) is 12.4 Å². The van der Waals surface area contributed by atoms with Crippen LogP contribution in [0.4, 0.5) is 0 Å². The van der Waals surface area contributed by atoms with Crippen molar-refractivity contribution in [2.24, 2.45) is 0 Å². The molecule has 0 saturated carbocycles. The molecule has 0 N–H and O–H groups in total. The lowest BCUT2D eigenvalue weighted by atomic mass is 10.2. The molecule has 0 rings (SSSR count).